The molecule has 1 amide bonds. The maximum Gasteiger partial charge on any atom is 0.265 e. The van der Waals surface area contributed by atoms with E-state index in [1.165, 1.54) is 11.1 Å². The van der Waals surface area contributed by atoms with E-state index < -0.39 is 6.10 Å². The quantitative estimate of drug-likeness (QED) is 0.627. The number of aromatic nitrogens is 1. The summed E-state index contributed by atoms with van der Waals surface area (Å²) in [5, 5.41) is 2.96. The van der Waals surface area contributed by atoms with Crippen LogP contribution in [0.2, 0.25) is 0 Å². The molecule has 4 nitrogen and oxygen atoms in total. The third kappa shape index (κ3) is 4.97. The zero-order valence-electron chi connectivity index (χ0n) is 16.6. The first-order valence-electron chi connectivity index (χ1n) is 9.58. The number of hydrogen-bond donors (Lipinski definition) is 1. The van der Waals surface area contributed by atoms with Crippen LogP contribution in [0.3, 0.4) is 0 Å². The minimum absolute atomic E-state index is 0.134. The molecule has 1 atom stereocenters. The molecular weight excluding hydrogens is 348 g/mol. The summed E-state index contributed by atoms with van der Waals surface area (Å²) in [4.78, 5) is 16.7. The maximum absolute atomic E-state index is 12.7. The summed E-state index contributed by atoms with van der Waals surface area (Å²) in [6, 6.07) is 17.8. The molecule has 0 fully saturated rings. The summed E-state index contributed by atoms with van der Waals surface area (Å²) in [6.07, 6.45) is 4.50. The molecule has 1 unspecified atom stereocenters. The van der Waals surface area contributed by atoms with E-state index in [0.29, 0.717) is 6.42 Å². The third-order valence-electron chi connectivity index (χ3n) is 4.87. The van der Waals surface area contributed by atoms with Gasteiger partial charge in [-0.2, -0.15) is 0 Å². The van der Waals surface area contributed by atoms with E-state index >= 15 is 0 Å². The van der Waals surface area contributed by atoms with Crippen LogP contribution in [0.4, 0.5) is 5.69 Å². The molecule has 0 saturated heterocycles. The van der Waals surface area contributed by atoms with Crippen molar-refractivity contribution in [3.8, 4) is 5.75 Å². The van der Waals surface area contributed by atoms with Crippen molar-refractivity contribution in [2.24, 2.45) is 0 Å². The van der Waals surface area contributed by atoms with Gasteiger partial charge >= 0.3 is 0 Å². The molecule has 0 aliphatic carbocycles. The number of benzene rings is 2. The molecule has 144 valence electrons. The van der Waals surface area contributed by atoms with E-state index in [2.05, 4.69) is 10.3 Å². The monoisotopic (exact) mass is 374 g/mol. The largest absolute Gasteiger partial charge is 0.480 e. The Bertz CT molecular complexity index is 921. The van der Waals surface area contributed by atoms with Crippen molar-refractivity contribution in [1.82, 2.24) is 4.98 Å². The van der Waals surface area contributed by atoms with Gasteiger partial charge in [-0.3, -0.25) is 9.78 Å². The zero-order valence-corrected chi connectivity index (χ0v) is 16.6. The van der Waals surface area contributed by atoms with Gasteiger partial charge in [0.05, 0.1) is 0 Å². The minimum atomic E-state index is -0.531. The van der Waals surface area contributed by atoms with Gasteiger partial charge in [-0.15, -0.1) is 0 Å². The number of rotatable bonds is 7. The predicted molar refractivity (Wildman–Crippen MR) is 113 cm³/mol. The number of nitrogens with one attached hydrogen (secondary N) is 1. The lowest BCUT2D eigenvalue weighted by Crippen LogP contribution is -2.32. The molecule has 0 bridgehead atoms. The minimum Gasteiger partial charge on any atom is -0.480 e. The van der Waals surface area contributed by atoms with Crippen molar-refractivity contribution in [2.45, 2.75) is 39.7 Å². The Kier molecular flexibility index (Phi) is 6.43. The van der Waals surface area contributed by atoms with Crippen molar-refractivity contribution >= 4 is 11.6 Å². The SMILES string of the molecule is CCC(Oc1cccc(C)c1C)C(=O)Nc1ccc(Cc2ccncc2)cc1. The van der Waals surface area contributed by atoms with Crippen molar-refractivity contribution in [3.63, 3.8) is 0 Å². The van der Waals surface area contributed by atoms with Gasteiger partial charge < -0.3 is 10.1 Å². The molecule has 1 N–H and O–H groups in total. The average Bonchev–Trinajstić information content (AvgIpc) is 2.71. The lowest BCUT2D eigenvalue weighted by Gasteiger charge is -2.19. The van der Waals surface area contributed by atoms with Crippen LogP contribution in [0, 0.1) is 13.8 Å². The third-order valence-corrected chi connectivity index (χ3v) is 4.87. The Hall–Kier alpha value is -3.14. The summed E-state index contributed by atoms with van der Waals surface area (Å²) in [6.45, 7) is 6.00. The molecule has 1 heterocycles. The Morgan fingerprint density at radius 1 is 1.00 bits per heavy atom. The molecule has 0 spiro atoms. The van der Waals surface area contributed by atoms with Gasteiger partial charge in [0.15, 0.2) is 6.10 Å². The standard InChI is InChI=1S/C24H26N2O2/c1-4-22(28-23-7-5-6-17(2)18(23)3)24(27)26-21-10-8-19(9-11-21)16-20-12-14-25-15-13-20/h5-15,22H,4,16H2,1-3H3,(H,26,27). The van der Waals surface area contributed by atoms with Crippen LogP contribution in [0.25, 0.3) is 0 Å². The normalized spacial score (nSPS) is 11.7. The lowest BCUT2D eigenvalue weighted by molar-refractivity contribution is -0.122. The highest BCUT2D eigenvalue weighted by Gasteiger charge is 2.19. The molecule has 4 heteroatoms. The van der Waals surface area contributed by atoms with Crippen LogP contribution in [0.5, 0.6) is 5.75 Å². The first kappa shape index (κ1) is 19.6. The summed E-state index contributed by atoms with van der Waals surface area (Å²) < 4.78 is 5.99. The molecular formula is C24H26N2O2. The summed E-state index contributed by atoms with van der Waals surface area (Å²) >= 11 is 0. The van der Waals surface area contributed by atoms with E-state index in [1.54, 1.807) is 12.4 Å². The average molecular weight is 374 g/mol. The molecule has 1 aromatic heterocycles. The fraction of sp³-hybridized carbons (Fsp3) is 0.250. The number of hydrogen-bond acceptors (Lipinski definition) is 3. The van der Waals surface area contributed by atoms with Crippen LogP contribution in [-0.4, -0.2) is 17.0 Å². The molecule has 0 saturated carbocycles. The van der Waals surface area contributed by atoms with Gasteiger partial charge in [-0.25, -0.2) is 0 Å². The van der Waals surface area contributed by atoms with Crippen LogP contribution < -0.4 is 10.1 Å². The van der Waals surface area contributed by atoms with Crippen molar-refractivity contribution < 1.29 is 9.53 Å². The smallest absolute Gasteiger partial charge is 0.265 e. The Morgan fingerprint density at radius 3 is 2.36 bits per heavy atom. The second-order valence-electron chi connectivity index (χ2n) is 6.93. The van der Waals surface area contributed by atoms with Gasteiger partial charge in [0.25, 0.3) is 5.91 Å². The number of anilines is 1. The van der Waals surface area contributed by atoms with Crippen molar-refractivity contribution in [2.75, 3.05) is 5.32 Å². The fourth-order valence-corrected chi connectivity index (χ4v) is 2.99. The van der Waals surface area contributed by atoms with Crippen molar-refractivity contribution in [1.29, 1.82) is 0 Å². The number of ether oxygens (including phenoxy) is 1. The molecule has 0 radical (unpaired) electrons. The Labute approximate surface area is 166 Å². The van der Waals surface area contributed by atoms with E-state index in [0.717, 1.165) is 29.0 Å². The van der Waals surface area contributed by atoms with E-state index in [4.69, 9.17) is 4.74 Å². The van der Waals surface area contributed by atoms with Crippen LogP contribution >= 0.6 is 0 Å². The van der Waals surface area contributed by atoms with E-state index in [1.807, 2.05) is 75.4 Å². The number of carbonyl (C=O) groups excluding carboxylic acids is 1. The van der Waals surface area contributed by atoms with Crippen LogP contribution in [-0.2, 0) is 11.2 Å². The summed E-state index contributed by atoms with van der Waals surface area (Å²) in [5.74, 6) is 0.625. The zero-order chi connectivity index (χ0) is 19.9. The van der Waals surface area contributed by atoms with Gasteiger partial charge in [0, 0.05) is 18.1 Å². The summed E-state index contributed by atoms with van der Waals surface area (Å²) in [5.41, 5.74) is 5.38. The highest BCUT2D eigenvalue weighted by molar-refractivity contribution is 5.94. The molecule has 3 rings (SSSR count). The number of amides is 1. The number of carbonyl (C=O) groups is 1. The highest BCUT2D eigenvalue weighted by Crippen LogP contribution is 2.23. The van der Waals surface area contributed by atoms with Gasteiger partial charge in [0.2, 0.25) is 0 Å². The van der Waals surface area contributed by atoms with Gasteiger partial charge in [0.1, 0.15) is 5.75 Å². The Morgan fingerprint density at radius 2 is 1.68 bits per heavy atom. The molecule has 0 aliphatic heterocycles. The predicted octanol–water partition coefficient (Wildman–Crippen LogP) is 5.09. The topological polar surface area (TPSA) is 51.2 Å². The molecule has 28 heavy (non-hydrogen) atoms. The van der Waals surface area contributed by atoms with Gasteiger partial charge in [-0.1, -0.05) is 31.2 Å². The van der Waals surface area contributed by atoms with E-state index in [9.17, 15) is 4.79 Å². The number of nitrogens with zero attached hydrogens (tertiary/aromatic N) is 1. The highest BCUT2D eigenvalue weighted by atomic mass is 16.5. The molecule has 2 aromatic carbocycles. The van der Waals surface area contributed by atoms with Crippen LogP contribution in [0.1, 0.15) is 35.6 Å². The van der Waals surface area contributed by atoms with E-state index in [-0.39, 0.29) is 5.91 Å². The second kappa shape index (κ2) is 9.18. The first-order valence-corrected chi connectivity index (χ1v) is 9.58. The van der Waals surface area contributed by atoms with Gasteiger partial charge in [-0.05, 0) is 79.3 Å². The lowest BCUT2D eigenvalue weighted by atomic mass is 10.1. The fourth-order valence-electron chi connectivity index (χ4n) is 2.99. The maximum atomic E-state index is 12.7. The van der Waals surface area contributed by atoms with Crippen LogP contribution in [0.15, 0.2) is 67.0 Å². The molecule has 3 aromatic rings. The van der Waals surface area contributed by atoms with Crippen molar-refractivity contribution in [3.05, 3.63) is 89.2 Å². The molecule has 0 aliphatic rings. The Balaban J connectivity index is 1.63. The number of pyridine rings is 1. The first-order chi connectivity index (χ1) is 13.6. The second-order valence-corrected chi connectivity index (χ2v) is 6.93. The number of aryl methyl sites for hydroxylation is 1. The summed E-state index contributed by atoms with van der Waals surface area (Å²) in [7, 11) is 0.